The average Bonchev–Trinajstić information content (AvgIpc) is 2.71. The summed E-state index contributed by atoms with van der Waals surface area (Å²) in [4.78, 5) is 25.6. The van der Waals surface area contributed by atoms with Crippen molar-refractivity contribution in [1.82, 2.24) is 10.2 Å². The van der Waals surface area contributed by atoms with Crippen molar-refractivity contribution >= 4 is 20.5 Å². The van der Waals surface area contributed by atoms with Gasteiger partial charge < -0.3 is 19.6 Å². The van der Waals surface area contributed by atoms with Gasteiger partial charge in [-0.2, -0.15) is 0 Å². The minimum Gasteiger partial charge on any atom is -0.465 e. The number of rotatable bonds is 12. The third-order valence-corrected chi connectivity index (χ3v) is 10.2. The third-order valence-electron chi connectivity index (χ3n) is 5.74. The highest BCUT2D eigenvalue weighted by atomic mass is 28.4. The van der Waals surface area contributed by atoms with Gasteiger partial charge in [0, 0.05) is 6.54 Å². The number of benzene rings is 1. The Morgan fingerprint density at radius 2 is 1.84 bits per heavy atom. The molecule has 7 nitrogen and oxygen atoms in total. The van der Waals surface area contributed by atoms with Crippen LogP contribution in [-0.2, 0) is 15.8 Å². The van der Waals surface area contributed by atoms with Crippen molar-refractivity contribution in [2.45, 2.75) is 64.0 Å². The number of carbonyl (C=O) groups is 2. The predicted octanol–water partition coefficient (Wildman–Crippen LogP) is 5.41. The third kappa shape index (κ3) is 8.88. The molecule has 2 amide bonds. The summed E-state index contributed by atoms with van der Waals surface area (Å²) in [6, 6.07) is 8.29. The summed E-state index contributed by atoms with van der Waals surface area (Å²) < 4.78 is 11.5. The first-order valence-corrected chi connectivity index (χ1v) is 13.7. The molecule has 0 heterocycles. The molecule has 0 aliphatic heterocycles. The summed E-state index contributed by atoms with van der Waals surface area (Å²) in [5.41, 5.74) is 0.865. The molecule has 0 unspecified atom stereocenters. The summed E-state index contributed by atoms with van der Waals surface area (Å²) in [5.74, 6) is 0. The lowest BCUT2D eigenvalue weighted by Crippen LogP contribution is -2.51. The molecule has 1 rings (SSSR count). The first-order valence-electron chi connectivity index (χ1n) is 10.8. The van der Waals surface area contributed by atoms with Crippen LogP contribution >= 0.6 is 0 Å². The Morgan fingerprint density at radius 1 is 1.22 bits per heavy atom. The predicted molar refractivity (Wildman–Crippen MR) is 130 cm³/mol. The molecule has 0 aromatic heterocycles. The molecule has 1 aromatic carbocycles. The van der Waals surface area contributed by atoms with E-state index in [-0.39, 0.29) is 24.8 Å². The Bertz CT molecular complexity index is 761. The quantitative estimate of drug-likeness (QED) is 0.320. The summed E-state index contributed by atoms with van der Waals surface area (Å²) in [6.45, 7) is 18.5. The molecule has 0 saturated heterocycles. The van der Waals surface area contributed by atoms with E-state index in [2.05, 4.69) is 52.3 Å². The molecule has 0 aliphatic carbocycles. The van der Waals surface area contributed by atoms with Crippen LogP contribution in [0.1, 0.15) is 32.8 Å². The molecular formula is C24H38N2O5Si. The normalized spacial score (nSPS) is 13.5. The molecule has 0 aliphatic rings. The van der Waals surface area contributed by atoms with Crippen molar-refractivity contribution in [2.24, 2.45) is 0 Å². The fourth-order valence-corrected chi connectivity index (χ4v) is 3.72. The van der Waals surface area contributed by atoms with Crippen LogP contribution in [0.3, 0.4) is 0 Å². The Labute approximate surface area is 193 Å². The van der Waals surface area contributed by atoms with Crippen LogP contribution in [0.25, 0.3) is 0 Å². The number of nitrogens with zero attached hydrogens (tertiary/aromatic N) is 1. The van der Waals surface area contributed by atoms with Gasteiger partial charge in [-0.05, 0) is 30.1 Å². The lowest BCUT2D eigenvalue weighted by molar-refractivity contribution is 0.103. The van der Waals surface area contributed by atoms with E-state index in [4.69, 9.17) is 9.16 Å². The zero-order valence-electron chi connectivity index (χ0n) is 20.0. The van der Waals surface area contributed by atoms with Crippen LogP contribution in [0, 0.1) is 0 Å². The van der Waals surface area contributed by atoms with E-state index in [1.54, 1.807) is 12.2 Å². The SMILES string of the molecule is C=CC[C@@H](CN(C(=O)O)[C@H](C=C)CO[Si](C)(C)C(C)(C)C)NC(=O)OCc1ccccc1. The van der Waals surface area contributed by atoms with Gasteiger partial charge >= 0.3 is 12.2 Å². The van der Waals surface area contributed by atoms with Crippen LogP contribution < -0.4 is 5.32 Å². The number of carbonyl (C=O) groups excluding carboxylic acids is 1. The summed E-state index contributed by atoms with van der Waals surface area (Å²) in [7, 11) is -2.06. The van der Waals surface area contributed by atoms with E-state index >= 15 is 0 Å². The molecular weight excluding hydrogens is 424 g/mol. The molecule has 2 N–H and O–H groups in total. The number of amides is 2. The molecule has 2 atom stereocenters. The Kier molecular flexibility index (Phi) is 10.7. The number of carboxylic acid groups (broad SMARTS) is 1. The topological polar surface area (TPSA) is 88.1 Å². The average molecular weight is 463 g/mol. The van der Waals surface area contributed by atoms with Crippen LogP contribution in [0.4, 0.5) is 9.59 Å². The standard InChI is InChI=1S/C24H38N2O5Si/c1-8-13-20(25-22(27)30-17-19-14-11-10-12-15-19)16-26(23(28)29)21(9-2)18-31-32(6,7)24(3,4)5/h8-12,14-15,20-21H,1-2,13,16-18H2,3-7H3,(H,25,27)(H,28,29)/t20-,21+/m0/s1. The first kappa shape index (κ1) is 27.5. The van der Waals surface area contributed by atoms with Gasteiger partial charge in [-0.3, -0.25) is 4.90 Å². The summed E-state index contributed by atoms with van der Waals surface area (Å²) in [5, 5.41) is 12.6. The molecule has 32 heavy (non-hydrogen) atoms. The number of ether oxygens (including phenoxy) is 1. The van der Waals surface area contributed by atoms with Crippen molar-refractivity contribution in [1.29, 1.82) is 0 Å². The van der Waals surface area contributed by atoms with E-state index < -0.39 is 32.6 Å². The van der Waals surface area contributed by atoms with Crippen LogP contribution in [0.15, 0.2) is 55.6 Å². The molecule has 1 aromatic rings. The van der Waals surface area contributed by atoms with Gasteiger partial charge in [0.2, 0.25) is 0 Å². The second-order valence-corrected chi connectivity index (χ2v) is 14.0. The van der Waals surface area contributed by atoms with Gasteiger partial charge in [-0.15, -0.1) is 13.2 Å². The molecule has 0 saturated carbocycles. The number of alkyl carbamates (subject to hydrolysis) is 1. The monoisotopic (exact) mass is 462 g/mol. The largest absolute Gasteiger partial charge is 0.465 e. The Morgan fingerprint density at radius 3 is 2.34 bits per heavy atom. The van der Waals surface area contributed by atoms with Crippen LogP contribution in [0.5, 0.6) is 0 Å². The van der Waals surface area contributed by atoms with Gasteiger partial charge in [-0.1, -0.05) is 63.3 Å². The van der Waals surface area contributed by atoms with Gasteiger partial charge in [0.25, 0.3) is 0 Å². The van der Waals surface area contributed by atoms with Gasteiger partial charge in [-0.25, -0.2) is 9.59 Å². The highest BCUT2D eigenvalue weighted by Gasteiger charge is 2.38. The smallest absolute Gasteiger partial charge is 0.407 e. The molecule has 178 valence electrons. The second kappa shape index (κ2) is 12.5. The number of nitrogens with one attached hydrogen (secondary N) is 1. The van der Waals surface area contributed by atoms with E-state index in [9.17, 15) is 14.7 Å². The lowest BCUT2D eigenvalue weighted by Gasteiger charge is -2.38. The molecule has 8 heteroatoms. The molecule has 0 spiro atoms. The highest BCUT2D eigenvalue weighted by molar-refractivity contribution is 6.74. The maximum atomic E-state index is 12.3. The fourth-order valence-electron chi connectivity index (χ4n) is 2.70. The van der Waals surface area contributed by atoms with Crippen molar-refractivity contribution in [3.05, 3.63) is 61.2 Å². The molecule has 0 bridgehead atoms. The summed E-state index contributed by atoms with van der Waals surface area (Å²) >= 11 is 0. The van der Waals surface area contributed by atoms with Crippen LogP contribution in [0.2, 0.25) is 18.1 Å². The Hall–Kier alpha value is -2.58. The van der Waals surface area contributed by atoms with E-state index in [1.165, 1.54) is 4.90 Å². The van der Waals surface area contributed by atoms with E-state index in [0.717, 1.165) is 5.56 Å². The molecule has 0 fully saturated rings. The van der Waals surface area contributed by atoms with Crippen LogP contribution in [-0.4, -0.2) is 55.7 Å². The lowest BCUT2D eigenvalue weighted by atomic mass is 10.1. The van der Waals surface area contributed by atoms with Gasteiger partial charge in [0.15, 0.2) is 8.32 Å². The van der Waals surface area contributed by atoms with Gasteiger partial charge in [0.1, 0.15) is 6.61 Å². The van der Waals surface area contributed by atoms with Crippen molar-refractivity contribution in [2.75, 3.05) is 13.2 Å². The second-order valence-electron chi connectivity index (χ2n) is 9.24. The van der Waals surface area contributed by atoms with Crippen molar-refractivity contribution in [3.63, 3.8) is 0 Å². The highest BCUT2D eigenvalue weighted by Crippen LogP contribution is 2.36. The number of hydrogen-bond acceptors (Lipinski definition) is 4. The minimum absolute atomic E-state index is 0.00220. The van der Waals surface area contributed by atoms with Gasteiger partial charge in [0.05, 0.1) is 18.7 Å². The maximum Gasteiger partial charge on any atom is 0.407 e. The van der Waals surface area contributed by atoms with Crippen molar-refractivity contribution in [3.8, 4) is 0 Å². The Balaban J connectivity index is 2.80. The first-order chi connectivity index (χ1) is 14.9. The van der Waals surface area contributed by atoms with E-state index in [1.807, 2.05) is 30.3 Å². The summed E-state index contributed by atoms with van der Waals surface area (Å²) in [6.07, 6.45) is 1.87. The zero-order chi connectivity index (χ0) is 24.4. The number of hydrogen-bond donors (Lipinski definition) is 2. The minimum atomic E-state index is -2.06. The van der Waals surface area contributed by atoms with E-state index in [0.29, 0.717) is 6.42 Å². The maximum absolute atomic E-state index is 12.3. The fraction of sp³-hybridized carbons (Fsp3) is 0.500. The molecule has 0 radical (unpaired) electrons. The van der Waals surface area contributed by atoms with Crippen molar-refractivity contribution < 1.29 is 23.9 Å². The zero-order valence-corrected chi connectivity index (χ0v) is 21.0.